The molecule has 0 saturated heterocycles. The number of hydrogen-bond donors (Lipinski definition) is 1. The molecule has 0 bridgehead atoms. The summed E-state index contributed by atoms with van der Waals surface area (Å²) >= 11 is 3.36. The molecule has 1 nitrogen and oxygen atoms in total. The van der Waals surface area contributed by atoms with Crippen molar-refractivity contribution in [2.24, 2.45) is 0 Å². The summed E-state index contributed by atoms with van der Waals surface area (Å²) in [4.78, 5) is 0. The highest BCUT2D eigenvalue weighted by molar-refractivity contribution is 9.10. The van der Waals surface area contributed by atoms with E-state index >= 15 is 0 Å². The van der Waals surface area contributed by atoms with Crippen LogP contribution in [-0.2, 0) is 0 Å². The number of hydrogen-bond acceptors (Lipinski definition) is 1. The summed E-state index contributed by atoms with van der Waals surface area (Å²) in [5, 5.41) is 3.06. The molecule has 0 aliphatic carbocycles. The normalized spacial score (nSPS) is 10.6. The minimum atomic E-state index is -0.217. The lowest BCUT2D eigenvalue weighted by Gasteiger charge is -2.14. The van der Waals surface area contributed by atoms with Crippen molar-refractivity contribution in [3.05, 3.63) is 28.0 Å². The van der Waals surface area contributed by atoms with Gasteiger partial charge in [-0.3, -0.25) is 0 Å². The van der Waals surface area contributed by atoms with Crippen molar-refractivity contribution in [3.8, 4) is 0 Å². The summed E-state index contributed by atoms with van der Waals surface area (Å²) in [6, 6.07) is 3.46. The quantitative estimate of drug-likeness (QED) is 0.838. The number of benzene rings is 1. The second-order valence-electron chi connectivity index (χ2n) is 3.35. The van der Waals surface area contributed by atoms with Gasteiger partial charge in [0.1, 0.15) is 5.82 Å². The van der Waals surface area contributed by atoms with Crippen LogP contribution in [0.15, 0.2) is 16.6 Å². The van der Waals surface area contributed by atoms with E-state index in [4.69, 9.17) is 0 Å². The highest BCUT2D eigenvalue weighted by atomic mass is 79.9. The molecular formula is C10H13BrFN. The molecule has 0 atom stereocenters. The van der Waals surface area contributed by atoms with Crippen LogP contribution in [0.4, 0.5) is 10.1 Å². The van der Waals surface area contributed by atoms with Gasteiger partial charge in [-0.2, -0.15) is 0 Å². The van der Waals surface area contributed by atoms with E-state index in [1.54, 1.807) is 6.07 Å². The minimum absolute atomic E-state index is 0.217. The predicted octanol–water partition coefficient (Wildman–Crippen LogP) is 3.72. The lowest BCUT2D eigenvalue weighted by atomic mass is 10.2. The van der Waals surface area contributed by atoms with E-state index in [1.807, 2.05) is 20.8 Å². The van der Waals surface area contributed by atoms with Crippen LogP contribution in [0.5, 0.6) is 0 Å². The van der Waals surface area contributed by atoms with Gasteiger partial charge in [0.05, 0.1) is 5.69 Å². The van der Waals surface area contributed by atoms with Crippen LogP contribution in [0.25, 0.3) is 0 Å². The Labute approximate surface area is 86.5 Å². The zero-order valence-corrected chi connectivity index (χ0v) is 9.57. The lowest BCUT2D eigenvalue weighted by Crippen LogP contribution is -2.11. The Morgan fingerprint density at radius 3 is 2.54 bits per heavy atom. The number of anilines is 1. The van der Waals surface area contributed by atoms with E-state index in [-0.39, 0.29) is 11.9 Å². The molecule has 0 aliphatic rings. The Hall–Kier alpha value is -0.570. The van der Waals surface area contributed by atoms with Gasteiger partial charge in [0.15, 0.2) is 0 Å². The third-order valence-corrected chi connectivity index (χ3v) is 2.74. The molecule has 72 valence electrons. The Balaban J connectivity index is 3.10. The molecule has 0 amide bonds. The molecule has 0 aliphatic heterocycles. The summed E-state index contributed by atoms with van der Waals surface area (Å²) in [6.07, 6.45) is 0. The van der Waals surface area contributed by atoms with Crippen molar-refractivity contribution in [1.82, 2.24) is 0 Å². The van der Waals surface area contributed by atoms with E-state index in [9.17, 15) is 4.39 Å². The van der Waals surface area contributed by atoms with Crippen molar-refractivity contribution < 1.29 is 4.39 Å². The van der Waals surface area contributed by atoms with Crippen LogP contribution in [0, 0.1) is 12.7 Å². The molecule has 1 N–H and O–H groups in total. The Morgan fingerprint density at radius 1 is 1.38 bits per heavy atom. The molecule has 3 heteroatoms. The van der Waals surface area contributed by atoms with Gasteiger partial charge in [0.25, 0.3) is 0 Å². The fourth-order valence-corrected chi connectivity index (χ4v) is 1.51. The third kappa shape index (κ3) is 2.44. The van der Waals surface area contributed by atoms with E-state index < -0.39 is 0 Å². The van der Waals surface area contributed by atoms with Crippen LogP contribution in [0.1, 0.15) is 19.4 Å². The van der Waals surface area contributed by atoms with Gasteiger partial charge in [-0.15, -0.1) is 0 Å². The van der Waals surface area contributed by atoms with E-state index in [1.165, 1.54) is 6.07 Å². The summed E-state index contributed by atoms with van der Waals surface area (Å²) in [7, 11) is 0. The maximum atomic E-state index is 13.3. The molecule has 0 heterocycles. The maximum absolute atomic E-state index is 13.3. The van der Waals surface area contributed by atoms with Crippen molar-refractivity contribution >= 4 is 21.6 Å². The number of halogens is 2. The molecule has 0 spiro atoms. The topological polar surface area (TPSA) is 12.0 Å². The molecule has 1 aromatic carbocycles. The molecule has 1 rings (SSSR count). The van der Waals surface area contributed by atoms with E-state index in [0.717, 1.165) is 10.0 Å². The Bertz CT molecular complexity index is 310. The second kappa shape index (κ2) is 4.09. The summed E-state index contributed by atoms with van der Waals surface area (Å²) in [5.41, 5.74) is 1.58. The molecule has 0 fully saturated rings. The number of nitrogens with one attached hydrogen (secondary N) is 1. The van der Waals surface area contributed by atoms with E-state index in [0.29, 0.717) is 5.69 Å². The predicted molar refractivity (Wildman–Crippen MR) is 57.6 cm³/mol. The van der Waals surface area contributed by atoms with Gasteiger partial charge in [0, 0.05) is 10.5 Å². The first-order valence-electron chi connectivity index (χ1n) is 4.23. The third-order valence-electron chi connectivity index (χ3n) is 1.72. The van der Waals surface area contributed by atoms with Crippen molar-refractivity contribution in [3.63, 3.8) is 0 Å². The standard InChI is InChI=1S/C10H13BrFN/c1-6(2)13-10-8(12)5-4-7(3)9(10)11/h4-6,13H,1-3H3. The van der Waals surface area contributed by atoms with Gasteiger partial charge in [-0.05, 0) is 48.3 Å². The first-order chi connectivity index (χ1) is 6.02. The second-order valence-corrected chi connectivity index (χ2v) is 4.15. The first-order valence-corrected chi connectivity index (χ1v) is 5.03. The summed E-state index contributed by atoms with van der Waals surface area (Å²) in [5.74, 6) is -0.217. The van der Waals surface area contributed by atoms with Crippen LogP contribution in [0.2, 0.25) is 0 Å². The molecule has 0 unspecified atom stereocenters. The highest BCUT2D eigenvalue weighted by Crippen LogP contribution is 2.29. The highest BCUT2D eigenvalue weighted by Gasteiger charge is 2.09. The molecule has 0 aromatic heterocycles. The zero-order valence-electron chi connectivity index (χ0n) is 7.99. The maximum Gasteiger partial charge on any atom is 0.147 e. The van der Waals surface area contributed by atoms with Crippen LogP contribution >= 0.6 is 15.9 Å². The van der Waals surface area contributed by atoms with E-state index in [2.05, 4.69) is 21.2 Å². The fraction of sp³-hybridized carbons (Fsp3) is 0.400. The summed E-state index contributed by atoms with van der Waals surface area (Å²) < 4.78 is 14.1. The average Bonchev–Trinajstić information content (AvgIpc) is 2.05. The Kier molecular flexibility index (Phi) is 3.31. The molecule has 0 radical (unpaired) electrons. The largest absolute Gasteiger partial charge is 0.380 e. The van der Waals surface area contributed by atoms with Crippen LogP contribution in [0.3, 0.4) is 0 Å². The average molecular weight is 246 g/mol. The summed E-state index contributed by atoms with van der Waals surface area (Å²) in [6.45, 7) is 5.90. The van der Waals surface area contributed by atoms with Crippen LogP contribution in [-0.4, -0.2) is 6.04 Å². The molecule has 0 saturated carbocycles. The van der Waals surface area contributed by atoms with Gasteiger partial charge in [-0.1, -0.05) is 6.07 Å². The van der Waals surface area contributed by atoms with Gasteiger partial charge >= 0.3 is 0 Å². The van der Waals surface area contributed by atoms with Crippen molar-refractivity contribution in [2.75, 3.05) is 5.32 Å². The van der Waals surface area contributed by atoms with Gasteiger partial charge in [-0.25, -0.2) is 4.39 Å². The molecule has 13 heavy (non-hydrogen) atoms. The van der Waals surface area contributed by atoms with Crippen molar-refractivity contribution in [1.29, 1.82) is 0 Å². The van der Waals surface area contributed by atoms with Gasteiger partial charge < -0.3 is 5.32 Å². The molecular weight excluding hydrogens is 233 g/mol. The smallest absolute Gasteiger partial charge is 0.147 e. The van der Waals surface area contributed by atoms with Gasteiger partial charge in [0.2, 0.25) is 0 Å². The van der Waals surface area contributed by atoms with Crippen LogP contribution < -0.4 is 5.32 Å². The van der Waals surface area contributed by atoms with Crippen molar-refractivity contribution in [2.45, 2.75) is 26.8 Å². The lowest BCUT2D eigenvalue weighted by molar-refractivity contribution is 0.626. The first kappa shape index (κ1) is 10.5. The number of rotatable bonds is 2. The number of aryl methyl sites for hydroxylation is 1. The monoisotopic (exact) mass is 245 g/mol. The SMILES string of the molecule is Cc1ccc(F)c(NC(C)C)c1Br. The minimum Gasteiger partial charge on any atom is -0.380 e. The zero-order chi connectivity index (χ0) is 10.0. The Morgan fingerprint density at radius 2 is 2.00 bits per heavy atom. The fourth-order valence-electron chi connectivity index (χ4n) is 1.08. The molecule has 1 aromatic rings.